The molecule has 0 fully saturated rings. The van der Waals surface area contributed by atoms with Crippen molar-refractivity contribution in [3.63, 3.8) is 0 Å². The first-order valence-corrected chi connectivity index (χ1v) is 5.54. The van der Waals surface area contributed by atoms with Crippen molar-refractivity contribution in [1.82, 2.24) is 0 Å². The summed E-state index contributed by atoms with van der Waals surface area (Å²) in [5.41, 5.74) is 1.14. The summed E-state index contributed by atoms with van der Waals surface area (Å²) < 4.78 is 10.4. The standard InChI is InChI=1S/C13H15NO5/c1-9(15)8-11-10(6-7-14(16)17)4-5-12(18-2)13(11)19-3/h4-7H,8H2,1-3H3/b7-6-. The molecule has 0 aliphatic heterocycles. The van der Waals surface area contributed by atoms with E-state index in [0.717, 1.165) is 6.20 Å². The fourth-order valence-electron chi connectivity index (χ4n) is 1.73. The maximum absolute atomic E-state index is 11.3. The zero-order valence-corrected chi connectivity index (χ0v) is 11.0. The first kappa shape index (κ1) is 14.7. The Kier molecular flexibility index (Phi) is 5.05. The van der Waals surface area contributed by atoms with Gasteiger partial charge in [-0.05, 0) is 18.6 Å². The van der Waals surface area contributed by atoms with E-state index < -0.39 is 4.92 Å². The molecular formula is C13H15NO5. The highest BCUT2D eigenvalue weighted by molar-refractivity contribution is 5.81. The Morgan fingerprint density at radius 2 is 2.05 bits per heavy atom. The molecule has 0 aliphatic rings. The van der Waals surface area contributed by atoms with Crippen molar-refractivity contribution < 1.29 is 19.2 Å². The van der Waals surface area contributed by atoms with Crippen molar-refractivity contribution in [3.05, 3.63) is 39.6 Å². The zero-order valence-electron chi connectivity index (χ0n) is 11.0. The van der Waals surface area contributed by atoms with E-state index in [1.165, 1.54) is 27.2 Å². The topological polar surface area (TPSA) is 78.7 Å². The minimum Gasteiger partial charge on any atom is -0.493 e. The number of hydrogen-bond acceptors (Lipinski definition) is 5. The van der Waals surface area contributed by atoms with E-state index in [4.69, 9.17) is 9.47 Å². The average Bonchev–Trinajstić information content (AvgIpc) is 2.35. The number of methoxy groups -OCH3 is 2. The Morgan fingerprint density at radius 1 is 1.37 bits per heavy atom. The fourth-order valence-corrected chi connectivity index (χ4v) is 1.73. The van der Waals surface area contributed by atoms with Crippen molar-refractivity contribution in [3.8, 4) is 11.5 Å². The molecule has 19 heavy (non-hydrogen) atoms. The molecule has 0 N–H and O–H groups in total. The first-order chi connectivity index (χ1) is 8.99. The van der Waals surface area contributed by atoms with Gasteiger partial charge in [0.2, 0.25) is 6.20 Å². The lowest BCUT2D eigenvalue weighted by atomic mass is 10.0. The molecule has 0 aromatic heterocycles. The van der Waals surface area contributed by atoms with Gasteiger partial charge in [0, 0.05) is 18.1 Å². The summed E-state index contributed by atoms with van der Waals surface area (Å²) >= 11 is 0. The second kappa shape index (κ2) is 6.53. The maximum Gasteiger partial charge on any atom is 0.235 e. The second-order valence-corrected chi connectivity index (χ2v) is 3.85. The van der Waals surface area contributed by atoms with E-state index >= 15 is 0 Å². The van der Waals surface area contributed by atoms with Crippen LogP contribution in [0.4, 0.5) is 0 Å². The van der Waals surface area contributed by atoms with Gasteiger partial charge in [0.15, 0.2) is 11.5 Å². The smallest absolute Gasteiger partial charge is 0.235 e. The molecule has 6 nitrogen and oxygen atoms in total. The molecule has 0 unspecified atom stereocenters. The van der Waals surface area contributed by atoms with Crippen molar-refractivity contribution in [2.75, 3.05) is 14.2 Å². The summed E-state index contributed by atoms with van der Waals surface area (Å²) in [7, 11) is 2.95. The molecule has 0 heterocycles. The van der Waals surface area contributed by atoms with Crippen molar-refractivity contribution in [2.24, 2.45) is 0 Å². The van der Waals surface area contributed by atoms with Crippen molar-refractivity contribution in [2.45, 2.75) is 13.3 Å². The van der Waals surface area contributed by atoms with Crippen LogP contribution in [0.3, 0.4) is 0 Å². The van der Waals surface area contributed by atoms with E-state index in [9.17, 15) is 14.9 Å². The van der Waals surface area contributed by atoms with Crippen LogP contribution in [0.2, 0.25) is 0 Å². The minimum absolute atomic E-state index is 0.0673. The Bertz CT molecular complexity index is 522. The molecule has 1 rings (SSSR count). The van der Waals surface area contributed by atoms with Crippen LogP contribution in [0.25, 0.3) is 6.08 Å². The molecule has 1 aromatic rings. The van der Waals surface area contributed by atoms with Gasteiger partial charge < -0.3 is 9.47 Å². The quantitative estimate of drug-likeness (QED) is 0.581. The third kappa shape index (κ3) is 3.80. The van der Waals surface area contributed by atoms with Gasteiger partial charge in [-0.15, -0.1) is 0 Å². The lowest BCUT2D eigenvalue weighted by Crippen LogP contribution is -2.04. The van der Waals surface area contributed by atoms with Gasteiger partial charge in [0.25, 0.3) is 0 Å². The number of rotatable bonds is 6. The van der Waals surface area contributed by atoms with E-state index in [1.54, 1.807) is 12.1 Å². The predicted molar refractivity (Wildman–Crippen MR) is 70.0 cm³/mol. The van der Waals surface area contributed by atoms with Crippen molar-refractivity contribution >= 4 is 11.9 Å². The average molecular weight is 265 g/mol. The monoisotopic (exact) mass is 265 g/mol. The molecule has 1 aromatic carbocycles. The summed E-state index contributed by atoms with van der Waals surface area (Å²) in [6.07, 6.45) is 2.28. The maximum atomic E-state index is 11.3. The molecule has 0 radical (unpaired) electrons. The summed E-state index contributed by atoms with van der Waals surface area (Å²) in [6, 6.07) is 3.29. The lowest BCUT2D eigenvalue weighted by molar-refractivity contribution is -0.400. The van der Waals surface area contributed by atoms with E-state index in [-0.39, 0.29) is 12.2 Å². The van der Waals surface area contributed by atoms with Gasteiger partial charge in [-0.3, -0.25) is 14.9 Å². The van der Waals surface area contributed by atoms with Gasteiger partial charge in [-0.1, -0.05) is 6.07 Å². The highest BCUT2D eigenvalue weighted by atomic mass is 16.6. The summed E-state index contributed by atoms with van der Waals surface area (Å²) in [5, 5.41) is 10.4. The number of nitro groups is 1. The molecule has 0 saturated carbocycles. The lowest BCUT2D eigenvalue weighted by Gasteiger charge is -2.14. The van der Waals surface area contributed by atoms with Crippen LogP contribution in [0.15, 0.2) is 18.3 Å². The molecule has 0 atom stereocenters. The largest absolute Gasteiger partial charge is 0.493 e. The number of nitrogens with zero attached hydrogens (tertiary/aromatic N) is 1. The Hall–Kier alpha value is -2.37. The highest BCUT2D eigenvalue weighted by Crippen LogP contribution is 2.34. The predicted octanol–water partition coefficient (Wildman–Crippen LogP) is 2.08. The number of benzene rings is 1. The molecule has 6 heteroatoms. The molecule has 0 aliphatic carbocycles. The van der Waals surface area contributed by atoms with E-state index in [1.807, 2.05) is 0 Å². The Labute approximate surface area is 110 Å². The van der Waals surface area contributed by atoms with E-state index in [2.05, 4.69) is 0 Å². The Balaban J connectivity index is 3.37. The molecule has 0 amide bonds. The number of ketones is 1. The van der Waals surface area contributed by atoms with Crippen LogP contribution in [0, 0.1) is 10.1 Å². The molecule has 0 saturated heterocycles. The third-order valence-electron chi connectivity index (χ3n) is 2.49. The van der Waals surface area contributed by atoms with Gasteiger partial charge in [-0.25, -0.2) is 0 Å². The molecular weight excluding hydrogens is 250 g/mol. The van der Waals surface area contributed by atoms with Gasteiger partial charge >= 0.3 is 0 Å². The number of Topliss-reactive ketones (excluding diaryl/α,β-unsaturated/α-hetero) is 1. The summed E-state index contributed by atoms with van der Waals surface area (Å²) in [4.78, 5) is 21.1. The Morgan fingerprint density at radius 3 is 2.53 bits per heavy atom. The number of ether oxygens (including phenoxy) is 2. The fraction of sp³-hybridized carbons (Fsp3) is 0.308. The second-order valence-electron chi connectivity index (χ2n) is 3.85. The van der Waals surface area contributed by atoms with Crippen molar-refractivity contribution in [1.29, 1.82) is 0 Å². The van der Waals surface area contributed by atoms with Crippen LogP contribution in [0.5, 0.6) is 11.5 Å². The van der Waals surface area contributed by atoms with Crippen LogP contribution < -0.4 is 9.47 Å². The van der Waals surface area contributed by atoms with Crippen LogP contribution >= 0.6 is 0 Å². The third-order valence-corrected chi connectivity index (χ3v) is 2.49. The number of carbonyl (C=O) groups is 1. The normalized spacial score (nSPS) is 10.5. The molecule has 102 valence electrons. The molecule has 0 spiro atoms. The van der Waals surface area contributed by atoms with Crippen LogP contribution in [0.1, 0.15) is 18.1 Å². The number of hydrogen-bond donors (Lipinski definition) is 0. The zero-order chi connectivity index (χ0) is 14.4. The van der Waals surface area contributed by atoms with Crippen LogP contribution in [-0.4, -0.2) is 24.9 Å². The number of carbonyl (C=O) groups excluding carboxylic acids is 1. The summed E-state index contributed by atoms with van der Waals surface area (Å²) in [6.45, 7) is 1.44. The summed E-state index contributed by atoms with van der Waals surface area (Å²) in [5.74, 6) is 0.836. The SMILES string of the molecule is COc1ccc(/C=C\[N+](=O)[O-])c(CC(C)=O)c1OC. The minimum atomic E-state index is -0.561. The first-order valence-electron chi connectivity index (χ1n) is 5.54. The van der Waals surface area contributed by atoms with Gasteiger partial charge in [0.1, 0.15) is 5.78 Å². The van der Waals surface area contributed by atoms with E-state index in [0.29, 0.717) is 22.6 Å². The van der Waals surface area contributed by atoms with Gasteiger partial charge in [-0.2, -0.15) is 0 Å². The van der Waals surface area contributed by atoms with Gasteiger partial charge in [0.05, 0.1) is 19.1 Å². The van der Waals surface area contributed by atoms with Crippen LogP contribution in [-0.2, 0) is 11.2 Å². The molecule has 0 bridgehead atoms. The highest BCUT2D eigenvalue weighted by Gasteiger charge is 2.15.